The highest BCUT2D eigenvalue weighted by Gasteiger charge is 2.33. The van der Waals surface area contributed by atoms with Crippen LogP contribution in [0.25, 0.3) is 0 Å². The lowest BCUT2D eigenvalue weighted by Crippen LogP contribution is -2.17. The molecule has 0 aliphatic heterocycles. The van der Waals surface area contributed by atoms with E-state index in [9.17, 15) is 18.0 Å². The minimum Gasteiger partial charge on any atom is -0.358 e. The summed E-state index contributed by atoms with van der Waals surface area (Å²) in [7, 11) is 0. The highest BCUT2D eigenvalue weighted by Crippen LogP contribution is 2.35. The Labute approximate surface area is 109 Å². The second kappa shape index (κ2) is 5.07. The Kier molecular flexibility index (Phi) is 3.64. The van der Waals surface area contributed by atoms with Crippen LogP contribution in [0.2, 0.25) is 0 Å². The van der Waals surface area contributed by atoms with Crippen molar-refractivity contribution in [3.63, 3.8) is 0 Å². The van der Waals surface area contributed by atoms with Crippen LogP contribution in [0.5, 0.6) is 0 Å². The molecular weight excluding hydrogens is 255 g/mol. The first kappa shape index (κ1) is 13.6. The smallest absolute Gasteiger partial charge is 0.358 e. The molecule has 2 rings (SSSR count). The Morgan fingerprint density at radius 2 is 1.89 bits per heavy atom. The quantitative estimate of drug-likeness (QED) is 0.879. The number of hydrogen-bond donors (Lipinski definition) is 1. The maximum atomic E-state index is 12.8. The summed E-state index contributed by atoms with van der Waals surface area (Å²) in [6, 6.07) is 5.27. The van der Waals surface area contributed by atoms with Gasteiger partial charge in [-0.1, -0.05) is 19.1 Å². The third-order valence-electron chi connectivity index (χ3n) is 2.98. The molecule has 0 amide bonds. The fourth-order valence-corrected chi connectivity index (χ4v) is 2.20. The largest absolute Gasteiger partial charge is 0.418 e. The maximum absolute atomic E-state index is 12.8. The number of benzene rings is 1. The Balaban J connectivity index is 2.27. The normalized spacial score (nSPS) is 20.1. The Morgan fingerprint density at radius 3 is 2.53 bits per heavy atom. The van der Waals surface area contributed by atoms with Crippen LogP contribution < -0.4 is 5.32 Å². The van der Waals surface area contributed by atoms with Crippen LogP contribution in [0.3, 0.4) is 0 Å². The van der Waals surface area contributed by atoms with Crippen molar-refractivity contribution in [2.45, 2.75) is 25.9 Å². The number of hydrogen-bond acceptors (Lipinski definition) is 2. The molecule has 5 heteroatoms. The molecule has 1 aliphatic rings. The first-order chi connectivity index (χ1) is 8.86. The molecule has 0 aromatic heterocycles. The Hall–Kier alpha value is -1.78. The summed E-state index contributed by atoms with van der Waals surface area (Å²) in [5, 5.41) is 2.74. The molecule has 1 aliphatic carbocycles. The lowest BCUT2D eigenvalue weighted by atomic mass is 9.93. The van der Waals surface area contributed by atoms with Crippen molar-refractivity contribution < 1.29 is 18.0 Å². The molecule has 0 radical (unpaired) electrons. The molecule has 1 aromatic carbocycles. The minimum atomic E-state index is -4.41. The van der Waals surface area contributed by atoms with Gasteiger partial charge in [0.1, 0.15) is 0 Å². The molecule has 0 unspecified atom stereocenters. The van der Waals surface area contributed by atoms with Gasteiger partial charge >= 0.3 is 6.18 Å². The predicted octanol–water partition coefficient (Wildman–Crippen LogP) is 4.00. The van der Waals surface area contributed by atoms with Gasteiger partial charge in [0, 0.05) is 18.2 Å². The molecule has 1 atom stereocenters. The number of rotatable bonds is 2. The fourth-order valence-electron chi connectivity index (χ4n) is 2.20. The third-order valence-corrected chi connectivity index (χ3v) is 2.98. The molecule has 2 nitrogen and oxygen atoms in total. The monoisotopic (exact) mass is 269 g/mol. The lowest BCUT2D eigenvalue weighted by molar-refractivity contribution is -0.136. The standard InChI is InChI=1S/C14H14F3NO/c1-9-6-10(8-11(19)7-9)18-13-5-3-2-4-12(13)14(15,16)17/h2-5,8-9,18H,6-7H2,1H3/t9-/m1/s1. The SMILES string of the molecule is C[C@H]1CC(=O)C=C(Nc2ccccc2C(F)(F)F)C1. The van der Waals surface area contributed by atoms with Gasteiger partial charge in [-0.05, 0) is 24.5 Å². The van der Waals surface area contributed by atoms with E-state index in [1.165, 1.54) is 24.3 Å². The van der Waals surface area contributed by atoms with Gasteiger partial charge in [0.15, 0.2) is 5.78 Å². The lowest BCUT2D eigenvalue weighted by Gasteiger charge is -2.21. The molecule has 0 bridgehead atoms. The van der Waals surface area contributed by atoms with Gasteiger partial charge in [-0.15, -0.1) is 0 Å². The first-order valence-electron chi connectivity index (χ1n) is 6.03. The van der Waals surface area contributed by atoms with Gasteiger partial charge in [0.25, 0.3) is 0 Å². The predicted molar refractivity (Wildman–Crippen MR) is 66.6 cm³/mol. The molecule has 1 N–H and O–H groups in total. The molecule has 102 valence electrons. The number of para-hydroxylation sites is 1. The van der Waals surface area contributed by atoms with Crippen molar-refractivity contribution in [2.75, 3.05) is 5.32 Å². The van der Waals surface area contributed by atoms with E-state index in [-0.39, 0.29) is 17.4 Å². The number of nitrogens with one attached hydrogen (secondary N) is 1. The van der Waals surface area contributed by atoms with E-state index in [4.69, 9.17) is 0 Å². The summed E-state index contributed by atoms with van der Waals surface area (Å²) in [4.78, 5) is 11.4. The molecule has 0 saturated heterocycles. The van der Waals surface area contributed by atoms with Crippen molar-refractivity contribution in [3.05, 3.63) is 41.6 Å². The van der Waals surface area contributed by atoms with E-state index in [1.54, 1.807) is 0 Å². The zero-order chi connectivity index (χ0) is 14.0. The van der Waals surface area contributed by atoms with Crippen molar-refractivity contribution in [1.82, 2.24) is 0 Å². The second-order valence-corrected chi connectivity index (χ2v) is 4.82. The van der Waals surface area contributed by atoms with E-state index < -0.39 is 11.7 Å². The highest BCUT2D eigenvalue weighted by molar-refractivity contribution is 5.92. The molecule has 19 heavy (non-hydrogen) atoms. The summed E-state index contributed by atoms with van der Waals surface area (Å²) >= 11 is 0. The van der Waals surface area contributed by atoms with Crippen LogP contribution in [0.4, 0.5) is 18.9 Å². The maximum Gasteiger partial charge on any atom is 0.418 e. The first-order valence-corrected chi connectivity index (χ1v) is 6.03. The van der Waals surface area contributed by atoms with E-state index in [0.29, 0.717) is 18.5 Å². The van der Waals surface area contributed by atoms with Crippen LogP contribution >= 0.6 is 0 Å². The zero-order valence-corrected chi connectivity index (χ0v) is 10.4. The third kappa shape index (κ3) is 3.36. The fraction of sp³-hybridized carbons (Fsp3) is 0.357. The van der Waals surface area contributed by atoms with Gasteiger partial charge in [-0.2, -0.15) is 13.2 Å². The van der Waals surface area contributed by atoms with Gasteiger partial charge < -0.3 is 5.32 Å². The number of ketones is 1. The number of alkyl halides is 3. The van der Waals surface area contributed by atoms with Crippen LogP contribution in [-0.2, 0) is 11.0 Å². The topological polar surface area (TPSA) is 29.1 Å². The number of halogens is 3. The summed E-state index contributed by atoms with van der Waals surface area (Å²) in [5.74, 6) is 0.101. The van der Waals surface area contributed by atoms with Crippen molar-refractivity contribution >= 4 is 11.5 Å². The molecule has 1 aromatic rings. The Bertz CT molecular complexity index is 520. The molecule has 0 heterocycles. The number of carbonyl (C=O) groups is 1. The highest BCUT2D eigenvalue weighted by atomic mass is 19.4. The summed E-state index contributed by atoms with van der Waals surface area (Å²) < 4.78 is 38.5. The van der Waals surface area contributed by atoms with Crippen molar-refractivity contribution in [2.24, 2.45) is 5.92 Å². The van der Waals surface area contributed by atoms with Crippen molar-refractivity contribution in [1.29, 1.82) is 0 Å². The Morgan fingerprint density at radius 1 is 1.21 bits per heavy atom. The number of anilines is 1. The average molecular weight is 269 g/mol. The van der Waals surface area contributed by atoms with Gasteiger partial charge in [-0.3, -0.25) is 4.79 Å². The van der Waals surface area contributed by atoms with Crippen LogP contribution in [-0.4, -0.2) is 5.78 Å². The molecule has 0 saturated carbocycles. The summed E-state index contributed by atoms with van der Waals surface area (Å²) in [6.45, 7) is 1.91. The molecular formula is C14H14F3NO. The summed E-state index contributed by atoms with van der Waals surface area (Å²) in [6.07, 6.45) is -1.98. The summed E-state index contributed by atoms with van der Waals surface area (Å²) in [5.41, 5.74) is -0.190. The van der Waals surface area contributed by atoms with Gasteiger partial charge in [-0.25, -0.2) is 0 Å². The van der Waals surface area contributed by atoms with E-state index in [0.717, 1.165) is 6.07 Å². The minimum absolute atomic E-state index is 0.0110. The second-order valence-electron chi connectivity index (χ2n) is 4.82. The van der Waals surface area contributed by atoms with Crippen molar-refractivity contribution in [3.8, 4) is 0 Å². The van der Waals surface area contributed by atoms with Gasteiger partial charge in [0.05, 0.1) is 11.3 Å². The van der Waals surface area contributed by atoms with E-state index >= 15 is 0 Å². The van der Waals surface area contributed by atoms with Crippen LogP contribution in [0.15, 0.2) is 36.0 Å². The number of allylic oxidation sites excluding steroid dienone is 2. The van der Waals surface area contributed by atoms with Crippen LogP contribution in [0, 0.1) is 5.92 Å². The van der Waals surface area contributed by atoms with Gasteiger partial charge in [0.2, 0.25) is 0 Å². The van der Waals surface area contributed by atoms with Crippen LogP contribution in [0.1, 0.15) is 25.3 Å². The molecule has 0 fully saturated rings. The number of carbonyl (C=O) groups excluding carboxylic acids is 1. The molecule has 0 spiro atoms. The zero-order valence-electron chi connectivity index (χ0n) is 10.4. The van der Waals surface area contributed by atoms with E-state index in [1.807, 2.05) is 6.92 Å². The van der Waals surface area contributed by atoms with E-state index in [2.05, 4.69) is 5.32 Å². The average Bonchev–Trinajstić information content (AvgIpc) is 2.26.